The molecular formula is C11H12N8S. The van der Waals surface area contributed by atoms with E-state index in [1.807, 2.05) is 11.4 Å². The van der Waals surface area contributed by atoms with E-state index in [1.54, 1.807) is 17.7 Å². The Morgan fingerprint density at radius 1 is 1.30 bits per heavy atom. The minimum absolute atomic E-state index is 0.429. The Morgan fingerprint density at radius 3 is 3.15 bits per heavy atom. The number of thiophene rings is 1. The smallest absolute Gasteiger partial charge is 0.239 e. The average molecular weight is 288 g/mol. The van der Waals surface area contributed by atoms with E-state index < -0.39 is 0 Å². The van der Waals surface area contributed by atoms with Crippen LogP contribution in [0.4, 0.5) is 11.8 Å². The molecule has 1 aliphatic heterocycles. The molecule has 1 aliphatic rings. The Balaban J connectivity index is 1.80. The predicted molar refractivity (Wildman–Crippen MR) is 76.3 cm³/mol. The average Bonchev–Trinajstić information content (AvgIpc) is 3.13. The van der Waals surface area contributed by atoms with Crippen molar-refractivity contribution in [3.8, 4) is 0 Å². The van der Waals surface area contributed by atoms with Crippen LogP contribution in [0.25, 0.3) is 10.2 Å². The van der Waals surface area contributed by atoms with Gasteiger partial charge in [-0.2, -0.15) is 4.98 Å². The van der Waals surface area contributed by atoms with Crippen LogP contribution < -0.4 is 16.2 Å². The Kier molecular flexibility index (Phi) is 2.54. The number of hydrogen-bond acceptors (Lipinski definition) is 8. The first-order chi connectivity index (χ1) is 9.85. The fourth-order valence-electron chi connectivity index (χ4n) is 2.37. The maximum absolute atomic E-state index is 5.45. The van der Waals surface area contributed by atoms with E-state index in [2.05, 4.69) is 35.1 Å². The van der Waals surface area contributed by atoms with Gasteiger partial charge >= 0.3 is 0 Å². The molecule has 8 nitrogen and oxygen atoms in total. The molecule has 0 unspecified atom stereocenters. The predicted octanol–water partition coefficient (Wildman–Crippen LogP) is 0.589. The van der Waals surface area contributed by atoms with Crippen LogP contribution in [-0.2, 0) is 13.1 Å². The van der Waals surface area contributed by atoms with Crippen LogP contribution in [0, 0.1) is 0 Å². The molecule has 0 amide bonds. The number of rotatable bonds is 2. The number of nitrogen functional groups attached to an aromatic ring is 1. The van der Waals surface area contributed by atoms with Gasteiger partial charge in [-0.3, -0.25) is 5.43 Å². The van der Waals surface area contributed by atoms with Crippen molar-refractivity contribution in [2.24, 2.45) is 5.84 Å². The number of aromatic nitrogens is 5. The van der Waals surface area contributed by atoms with Gasteiger partial charge in [0.25, 0.3) is 0 Å². The molecule has 4 rings (SSSR count). The molecule has 0 atom stereocenters. The number of hydrogen-bond donors (Lipinski definition) is 2. The summed E-state index contributed by atoms with van der Waals surface area (Å²) in [6.07, 6.45) is 1.76. The van der Waals surface area contributed by atoms with Gasteiger partial charge in [0.15, 0.2) is 11.6 Å². The molecule has 0 aliphatic carbocycles. The highest BCUT2D eigenvalue weighted by molar-refractivity contribution is 7.17. The van der Waals surface area contributed by atoms with Gasteiger partial charge in [-0.15, -0.1) is 21.5 Å². The summed E-state index contributed by atoms with van der Waals surface area (Å²) >= 11 is 1.63. The topological polar surface area (TPSA) is 97.8 Å². The van der Waals surface area contributed by atoms with Crippen LogP contribution in [0.2, 0.25) is 0 Å². The van der Waals surface area contributed by atoms with Gasteiger partial charge in [0.05, 0.1) is 16.8 Å². The fourth-order valence-corrected chi connectivity index (χ4v) is 3.22. The zero-order valence-electron chi connectivity index (χ0n) is 10.5. The molecule has 0 saturated heterocycles. The van der Waals surface area contributed by atoms with E-state index in [0.717, 1.165) is 34.9 Å². The van der Waals surface area contributed by atoms with Gasteiger partial charge in [-0.05, 0) is 11.4 Å². The standard InChI is InChI=1S/C11H12N8S/c12-16-11-14-7-1-4-20-9(7)10(15-11)18-2-3-19-6-13-17-8(19)5-18/h1,4,6H,2-3,5,12H2,(H,14,15,16). The van der Waals surface area contributed by atoms with Gasteiger partial charge in [0.1, 0.15) is 6.33 Å². The Bertz CT molecular complexity index is 763. The second kappa shape index (κ2) is 4.39. The maximum atomic E-state index is 5.45. The second-order valence-electron chi connectivity index (χ2n) is 4.51. The lowest BCUT2D eigenvalue weighted by molar-refractivity contribution is 0.557. The van der Waals surface area contributed by atoms with Crippen molar-refractivity contribution in [1.82, 2.24) is 24.7 Å². The van der Waals surface area contributed by atoms with Crippen LogP contribution in [0.5, 0.6) is 0 Å². The molecule has 20 heavy (non-hydrogen) atoms. The summed E-state index contributed by atoms with van der Waals surface area (Å²) in [5, 5.41) is 10.1. The highest BCUT2D eigenvalue weighted by atomic mass is 32.1. The van der Waals surface area contributed by atoms with E-state index >= 15 is 0 Å². The molecular weight excluding hydrogens is 276 g/mol. The van der Waals surface area contributed by atoms with Gasteiger partial charge in [0, 0.05) is 13.1 Å². The fraction of sp³-hybridized carbons (Fsp3) is 0.273. The molecule has 102 valence electrons. The van der Waals surface area contributed by atoms with Crippen molar-refractivity contribution >= 4 is 33.3 Å². The monoisotopic (exact) mass is 288 g/mol. The molecule has 0 fully saturated rings. The summed E-state index contributed by atoms with van der Waals surface area (Å²) < 4.78 is 3.13. The lowest BCUT2D eigenvalue weighted by atomic mass is 10.3. The van der Waals surface area contributed by atoms with Gasteiger partial charge in [-0.25, -0.2) is 10.8 Å². The highest BCUT2D eigenvalue weighted by Gasteiger charge is 2.22. The molecule has 3 N–H and O–H groups in total. The first kappa shape index (κ1) is 11.6. The summed E-state index contributed by atoms with van der Waals surface area (Å²) in [5.74, 6) is 7.72. The van der Waals surface area contributed by atoms with Crippen LogP contribution in [0.15, 0.2) is 17.8 Å². The summed E-state index contributed by atoms with van der Waals surface area (Å²) in [4.78, 5) is 11.0. The van der Waals surface area contributed by atoms with Crippen molar-refractivity contribution in [3.05, 3.63) is 23.6 Å². The van der Waals surface area contributed by atoms with Crippen molar-refractivity contribution in [1.29, 1.82) is 0 Å². The van der Waals surface area contributed by atoms with Crippen molar-refractivity contribution in [2.75, 3.05) is 16.9 Å². The van der Waals surface area contributed by atoms with E-state index in [9.17, 15) is 0 Å². The summed E-state index contributed by atoms with van der Waals surface area (Å²) in [6.45, 7) is 2.40. The van der Waals surface area contributed by atoms with Crippen LogP contribution >= 0.6 is 11.3 Å². The summed E-state index contributed by atoms with van der Waals surface area (Å²) in [6, 6.07) is 1.97. The Hall–Kier alpha value is -2.26. The molecule has 9 heteroatoms. The van der Waals surface area contributed by atoms with Crippen molar-refractivity contribution in [3.63, 3.8) is 0 Å². The van der Waals surface area contributed by atoms with Crippen LogP contribution in [0.1, 0.15) is 5.82 Å². The zero-order chi connectivity index (χ0) is 13.5. The minimum atomic E-state index is 0.429. The Labute approximate surface area is 118 Å². The molecule has 0 bridgehead atoms. The summed E-state index contributed by atoms with van der Waals surface area (Å²) in [7, 11) is 0. The molecule has 0 spiro atoms. The minimum Gasteiger partial charge on any atom is -0.346 e. The van der Waals surface area contributed by atoms with E-state index in [0.29, 0.717) is 12.5 Å². The van der Waals surface area contributed by atoms with Crippen molar-refractivity contribution in [2.45, 2.75) is 13.1 Å². The van der Waals surface area contributed by atoms with Gasteiger partial charge in [0.2, 0.25) is 5.95 Å². The number of nitrogens with two attached hydrogens (primary N) is 1. The first-order valence-corrected chi connectivity index (χ1v) is 7.06. The van der Waals surface area contributed by atoms with Crippen LogP contribution in [-0.4, -0.2) is 31.3 Å². The normalized spacial score (nSPS) is 14.6. The van der Waals surface area contributed by atoms with E-state index in [4.69, 9.17) is 5.84 Å². The number of fused-ring (bicyclic) bond motifs is 2. The molecule has 0 aromatic carbocycles. The van der Waals surface area contributed by atoms with Gasteiger partial charge in [-0.1, -0.05) is 0 Å². The lowest BCUT2D eigenvalue weighted by Crippen LogP contribution is -2.34. The van der Waals surface area contributed by atoms with E-state index in [-0.39, 0.29) is 0 Å². The number of hydrazine groups is 1. The molecule has 0 saturated carbocycles. The Morgan fingerprint density at radius 2 is 2.25 bits per heavy atom. The maximum Gasteiger partial charge on any atom is 0.239 e. The SMILES string of the molecule is NNc1nc(N2CCn3cnnc3C2)c2sccc2n1. The number of anilines is 2. The molecule has 4 heterocycles. The third-order valence-corrected chi connectivity index (χ3v) is 4.25. The number of nitrogens with one attached hydrogen (secondary N) is 1. The third-order valence-electron chi connectivity index (χ3n) is 3.35. The van der Waals surface area contributed by atoms with Crippen molar-refractivity contribution < 1.29 is 0 Å². The third kappa shape index (κ3) is 1.71. The van der Waals surface area contributed by atoms with Gasteiger partial charge < -0.3 is 9.47 Å². The van der Waals surface area contributed by atoms with Crippen LogP contribution in [0.3, 0.4) is 0 Å². The second-order valence-corrected chi connectivity index (χ2v) is 5.43. The summed E-state index contributed by atoms with van der Waals surface area (Å²) in [5.41, 5.74) is 3.43. The zero-order valence-corrected chi connectivity index (χ0v) is 11.3. The molecule has 0 radical (unpaired) electrons. The first-order valence-electron chi connectivity index (χ1n) is 6.18. The quantitative estimate of drug-likeness (QED) is 0.526. The lowest BCUT2D eigenvalue weighted by Gasteiger charge is -2.28. The van der Waals surface area contributed by atoms with E-state index in [1.165, 1.54) is 0 Å². The molecule has 3 aromatic heterocycles. The largest absolute Gasteiger partial charge is 0.346 e. The number of nitrogens with zero attached hydrogens (tertiary/aromatic N) is 6. The molecule has 3 aromatic rings. The highest BCUT2D eigenvalue weighted by Crippen LogP contribution is 2.31.